The van der Waals surface area contributed by atoms with Gasteiger partial charge in [-0.3, -0.25) is 14.4 Å². The summed E-state index contributed by atoms with van der Waals surface area (Å²) in [6.07, 6.45) is 4.87. The van der Waals surface area contributed by atoms with Crippen LogP contribution in [0.2, 0.25) is 0 Å². The fourth-order valence-electron chi connectivity index (χ4n) is 9.22. The van der Waals surface area contributed by atoms with Gasteiger partial charge in [-0.1, -0.05) is 44.2 Å². The van der Waals surface area contributed by atoms with Gasteiger partial charge in [0.2, 0.25) is 11.8 Å². The molecular formula is C46H57N7O8S2. The molecule has 3 fully saturated rings. The molecule has 5 aromatic rings. The number of methoxy groups -OCH3 is 2. The standard InChI is InChI=1S/C46H53N7O8.2H2S/c1-26(2)40(50-45(57)59-3)43(55)53-18-6-8-38(53)42-47-25-36(49-42)32-12-11-28-21-29(9-10-30(28)22-32)31-13-14-33-34(23-31)48-35(24-39(33)54)37-7-5-17-52(37)44(56)41(51-46(58)60-4)27-15-19-61-20-16-27;;/h9-14,21-27,37-38,40-41H,5-8,15-20H2,1-4H3,(H,47,49)(H,48,54)(H,50,57)(H,51,58);2*1H2/t37?,38-,40-,41?;;/m0../s1. The molecule has 0 aliphatic carbocycles. The number of amides is 4. The number of benzene rings is 3. The fraction of sp³-hybridized carbons (Fsp3) is 0.435. The summed E-state index contributed by atoms with van der Waals surface area (Å²) in [5, 5.41) is 8.12. The molecule has 0 spiro atoms. The molecule has 4 atom stereocenters. The van der Waals surface area contributed by atoms with E-state index in [1.54, 1.807) is 22.1 Å². The minimum Gasteiger partial charge on any atom is -0.453 e. The van der Waals surface area contributed by atoms with Gasteiger partial charge in [-0.2, -0.15) is 27.0 Å². The molecule has 5 heterocycles. The third kappa shape index (κ3) is 9.85. The highest BCUT2D eigenvalue weighted by Crippen LogP contribution is 2.36. The Balaban J connectivity index is 0.00000330. The second-order valence-corrected chi connectivity index (χ2v) is 16.6. The molecular weight excluding hydrogens is 843 g/mol. The van der Waals surface area contributed by atoms with Crippen LogP contribution in [0.3, 0.4) is 0 Å². The Labute approximate surface area is 379 Å². The molecule has 4 amide bonds. The minimum absolute atomic E-state index is 0. The fourth-order valence-corrected chi connectivity index (χ4v) is 9.22. The molecule has 2 unspecified atom stereocenters. The predicted octanol–water partition coefficient (Wildman–Crippen LogP) is 6.82. The number of alkyl carbamates (subject to hydrolysis) is 2. The number of aromatic amines is 2. The van der Waals surface area contributed by atoms with Crippen LogP contribution in [0.25, 0.3) is 44.1 Å². The van der Waals surface area contributed by atoms with Gasteiger partial charge in [0.1, 0.15) is 17.9 Å². The van der Waals surface area contributed by atoms with Crippen LogP contribution in [0.1, 0.15) is 76.0 Å². The zero-order chi connectivity index (χ0) is 42.8. The van der Waals surface area contributed by atoms with E-state index in [2.05, 4.69) is 50.9 Å². The van der Waals surface area contributed by atoms with Crippen molar-refractivity contribution in [3.63, 3.8) is 0 Å². The summed E-state index contributed by atoms with van der Waals surface area (Å²) in [5.41, 5.74) is 4.93. The topological polar surface area (TPSA) is 188 Å². The van der Waals surface area contributed by atoms with E-state index in [9.17, 15) is 24.0 Å². The third-order valence-corrected chi connectivity index (χ3v) is 12.5. The molecule has 3 saturated heterocycles. The third-order valence-electron chi connectivity index (χ3n) is 12.5. The average molecular weight is 900 g/mol. The number of ether oxygens (including phenoxy) is 3. The first-order valence-corrected chi connectivity index (χ1v) is 21.2. The van der Waals surface area contributed by atoms with Crippen molar-refractivity contribution in [3.05, 3.63) is 88.6 Å². The van der Waals surface area contributed by atoms with E-state index in [1.807, 2.05) is 38.1 Å². The maximum absolute atomic E-state index is 14.1. The lowest BCUT2D eigenvalue weighted by atomic mass is 9.90. The van der Waals surface area contributed by atoms with Crippen LogP contribution in [-0.2, 0) is 23.8 Å². The number of nitrogens with one attached hydrogen (secondary N) is 4. The van der Waals surface area contributed by atoms with Crippen LogP contribution < -0.4 is 16.1 Å². The number of hydrogen-bond acceptors (Lipinski definition) is 9. The second kappa shape index (κ2) is 20.3. The number of pyridine rings is 1. The Morgan fingerprint density at radius 3 is 2.03 bits per heavy atom. The van der Waals surface area contributed by atoms with Crippen molar-refractivity contribution < 1.29 is 33.4 Å². The van der Waals surface area contributed by atoms with E-state index in [0.29, 0.717) is 68.0 Å². The lowest BCUT2D eigenvalue weighted by molar-refractivity contribution is -0.137. The maximum Gasteiger partial charge on any atom is 0.407 e. The first kappa shape index (κ1) is 47.0. The summed E-state index contributed by atoms with van der Waals surface area (Å²) in [4.78, 5) is 80.9. The highest BCUT2D eigenvalue weighted by molar-refractivity contribution is 7.59. The van der Waals surface area contributed by atoms with Gasteiger partial charge < -0.3 is 44.6 Å². The Morgan fingerprint density at radius 2 is 1.35 bits per heavy atom. The molecule has 0 bridgehead atoms. The van der Waals surface area contributed by atoms with Crippen LogP contribution in [-0.4, -0.2) is 101 Å². The van der Waals surface area contributed by atoms with Gasteiger partial charge >= 0.3 is 12.2 Å². The lowest BCUT2D eigenvalue weighted by Crippen LogP contribution is -2.53. The highest BCUT2D eigenvalue weighted by Gasteiger charge is 2.40. The second-order valence-electron chi connectivity index (χ2n) is 16.6. The van der Waals surface area contributed by atoms with Gasteiger partial charge in [-0.05, 0) is 96.5 Å². The first-order valence-electron chi connectivity index (χ1n) is 21.2. The SMILES string of the molecule is COC(=O)NC(C(=O)N1CCCC1c1cc(=O)c2ccc(-c3ccc4cc(-c5cnc([C@@H]6CCCN6C(=O)[C@@H](NC(=O)OC)C(C)C)[nH]5)ccc4c3)cc2[nH]1)C1CCOCC1.S.S. The summed E-state index contributed by atoms with van der Waals surface area (Å²) in [5.74, 6) is 0.167. The van der Waals surface area contributed by atoms with Crippen LogP contribution in [0.4, 0.5) is 9.59 Å². The molecule has 0 saturated carbocycles. The van der Waals surface area contributed by atoms with Crippen molar-refractivity contribution in [2.24, 2.45) is 11.8 Å². The van der Waals surface area contributed by atoms with Gasteiger partial charge in [0, 0.05) is 49.0 Å². The van der Waals surface area contributed by atoms with Crippen LogP contribution in [0.5, 0.6) is 0 Å². The van der Waals surface area contributed by atoms with Crippen molar-refractivity contribution >= 4 is 72.7 Å². The molecule has 8 rings (SSSR count). The van der Waals surface area contributed by atoms with Crippen molar-refractivity contribution in [2.45, 2.75) is 76.5 Å². The molecule has 17 heteroatoms. The molecule has 2 aromatic heterocycles. The summed E-state index contributed by atoms with van der Waals surface area (Å²) in [6, 6.07) is 17.8. The molecule has 3 aromatic carbocycles. The van der Waals surface area contributed by atoms with Crippen molar-refractivity contribution in [3.8, 4) is 22.4 Å². The number of carbonyl (C=O) groups is 4. The lowest BCUT2D eigenvalue weighted by Gasteiger charge is -2.34. The van der Waals surface area contributed by atoms with Crippen molar-refractivity contribution in [2.75, 3.05) is 40.5 Å². The quantitative estimate of drug-likeness (QED) is 0.117. The number of nitrogens with zero attached hydrogens (tertiary/aromatic N) is 3. The Hall–Kier alpha value is -5.52. The van der Waals surface area contributed by atoms with E-state index in [0.717, 1.165) is 52.4 Å². The smallest absolute Gasteiger partial charge is 0.407 e. The van der Waals surface area contributed by atoms with Crippen molar-refractivity contribution in [1.29, 1.82) is 0 Å². The Bertz CT molecular complexity index is 2520. The number of carbonyl (C=O) groups excluding carboxylic acids is 4. The number of aromatic nitrogens is 3. The zero-order valence-corrected chi connectivity index (χ0v) is 38.0. The van der Waals surface area contributed by atoms with Crippen LogP contribution >= 0.6 is 27.0 Å². The van der Waals surface area contributed by atoms with Gasteiger partial charge in [-0.15, -0.1) is 0 Å². The number of likely N-dealkylation sites (tertiary alicyclic amines) is 2. The minimum atomic E-state index is -0.751. The van der Waals surface area contributed by atoms with E-state index < -0.39 is 24.3 Å². The molecule has 3 aliphatic rings. The monoisotopic (exact) mass is 899 g/mol. The van der Waals surface area contributed by atoms with E-state index in [-0.39, 0.29) is 68.2 Å². The van der Waals surface area contributed by atoms with Gasteiger partial charge in [-0.25, -0.2) is 14.6 Å². The van der Waals surface area contributed by atoms with Gasteiger partial charge in [0.05, 0.1) is 43.7 Å². The average Bonchev–Trinajstić information content (AvgIpc) is 4.08. The van der Waals surface area contributed by atoms with Crippen LogP contribution in [0, 0.1) is 11.8 Å². The Kier molecular flexibility index (Phi) is 15.2. The summed E-state index contributed by atoms with van der Waals surface area (Å²) < 4.78 is 15.2. The number of H-pyrrole nitrogens is 2. The van der Waals surface area contributed by atoms with E-state index >= 15 is 0 Å². The van der Waals surface area contributed by atoms with Crippen molar-refractivity contribution in [1.82, 2.24) is 35.4 Å². The molecule has 336 valence electrons. The van der Waals surface area contributed by atoms with Crippen LogP contribution in [0.15, 0.2) is 71.7 Å². The number of imidazole rings is 1. The largest absolute Gasteiger partial charge is 0.453 e. The summed E-state index contributed by atoms with van der Waals surface area (Å²) in [7, 11) is 2.57. The zero-order valence-electron chi connectivity index (χ0n) is 36.0. The molecule has 3 aliphatic heterocycles. The predicted molar refractivity (Wildman–Crippen MR) is 250 cm³/mol. The normalized spacial score (nSPS) is 18.7. The molecule has 0 radical (unpaired) electrons. The first-order chi connectivity index (χ1) is 29.5. The number of hydrogen-bond donors (Lipinski definition) is 4. The Morgan fingerprint density at radius 1 is 0.746 bits per heavy atom. The van der Waals surface area contributed by atoms with E-state index in [4.69, 9.17) is 19.2 Å². The number of rotatable bonds is 10. The summed E-state index contributed by atoms with van der Waals surface area (Å²) >= 11 is 0. The molecule has 4 N–H and O–H groups in total. The molecule has 15 nitrogen and oxygen atoms in total. The van der Waals surface area contributed by atoms with Gasteiger partial charge in [0.25, 0.3) is 0 Å². The van der Waals surface area contributed by atoms with Gasteiger partial charge in [0.15, 0.2) is 5.43 Å². The number of fused-ring (bicyclic) bond motifs is 2. The highest BCUT2D eigenvalue weighted by atomic mass is 32.1. The summed E-state index contributed by atoms with van der Waals surface area (Å²) in [6.45, 7) is 5.93. The maximum atomic E-state index is 14.1. The molecule has 63 heavy (non-hydrogen) atoms. The van der Waals surface area contributed by atoms with E-state index in [1.165, 1.54) is 14.2 Å².